The molecular weight excluding hydrogens is 360 g/mol. The van der Waals surface area contributed by atoms with Crippen molar-refractivity contribution < 1.29 is 9.53 Å². The zero-order valence-electron chi connectivity index (χ0n) is 15.3. The summed E-state index contributed by atoms with van der Waals surface area (Å²) in [5.41, 5.74) is 3.28. The fourth-order valence-corrected chi connectivity index (χ4v) is 3.90. The van der Waals surface area contributed by atoms with Gasteiger partial charge in [-0.05, 0) is 44.2 Å². The van der Waals surface area contributed by atoms with Crippen LogP contribution in [0.25, 0.3) is 16.6 Å². The Morgan fingerprint density at radius 1 is 1.19 bits per heavy atom. The average Bonchev–Trinajstić information content (AvgIpc) is 3.07. The van der Waals surface area contributed by atoms with Crippen LogP contribution in [0.4, 0.5) is 0 Å². The standard InChI is InChI=1S/C20H18N4O2S/c1-12(25)14-8-9-18(26-3)15(10-14)11-27-20-22-17-7-5-4-6-16(17)19-21-13(2)23-24(19)20/h4-10H,11H2,1-3H3. The van der Waals surface area contributed by atoms with Gasteiger partial charge in [0.2, 0.25) is 0 Å². The number of ketones is 1. The van der Waals surface area contributed by atoms with Crippen LogP contribution >= 0.6 is 11.8 Å². The molecule has 0 atom stereocenters. The van der Waals surface area contributed by atoms with Crippen molar-refractivity contribution in [3.63, 3.8) is 0 Å². The molecule has 0 spiro atoms. The smallest absolute Gasteiger partial charge is 0.191 e. The van der Waals surface area contributed by atoms with E-state index >= 15 is 0 Å². The third-order valence-electron chi connectivity index (χ3n) is 4.30. The van der Waals surface area contributed by atoms with Gasteiger partial charge in [-0.25, -0.2) is 9.97 Å². The SMILES string of the molecule is COc1ccc(C(C)=O)cc1CSc1nc2ccccc2c2nc(C)nn12. The Morgan fingerprint density at radius 2 is 2.00 bits per heavy atom. The van der Waals surface area contributed by atoms with E-state index in [9.17, 15) is 4.79 Å². The number of carbonyl (C=O) groups is 1. The number of fused-ring (bicyclic) bond motifs is 3. The summed E-state index contributed by atoms with van der Waals surface area (Å²) in [6, 6.07) is 13.4. The zero-order chi connectivity index (χ0) is 19.0. The van der Waals surface area contributed by atoms with E-state index in [0.717, 1.165) is 33.0 Å². The number of nitrogens with zero attached hydrogens (tertiary/aromatic N) is 4. The van der Waals surface area contributed by atoms with Gasteiger partial charge in [-0.1, -0.05) is 23.9 Å². The van der Waals surface area contributed by atoms with Crippen molar-refractivity contribution in [2.24, 2.45) is 0 Å². The van der Waals surface area contributed by atoms with Crippen LogP contribution in [0, 0.1) is 6.92 Å². The maximum Gasteiger partial charge on any atom is 0.191 e. The lowest BCUT2D eigenvalue weighted by molar-refractivity contribution is 0.101. The number of thioether (sulfide) groups is 1. The van der Waals surface area contributed by atoms with E-state index in [1.165, 1.54) is 11.8 Å². The second-order valence-corrected chi connectivity index (χ2v) is 7.12. The molecule has 0 saturated heterocycles. The lowest BCUT2D eigenvalue weighted by atomic mass is 10.1. The molecule has 0 unspecified atom stereocenters. The summed E-state index contributed by atoms with van der Waals surface area (Å²) in [4.78, 5) is 21.0. The summed E-state index contributed by atoms with van der Waals surface area (Å²) in [6.45, 7) is 3.43. The van der Waals surface area contributed by atoms with Gasteiger partial charge in [-0.2, -0.15) is 4.52 Å². The Labute approximate surface area is 160 Å². The molecule has 0 aliphatic carbocycles. The maximum atomic E-state index is 11.7. The first-order valence-corrected chi connectivity index (χ1v) is 9.48. The summed E-state index contributed by atoms with van der Waals surface area (Å²) in [5.74, 6) is 2.08. The van der Waals surface area contributed by atoms with Crippen molar-refractivity contribution in [2.45, 2.75) is 24.8 Å². The van der Waals surface area contributed by atoms with E-state index in [1.54, 1.807) is 24.6 Å². The van der Waals surface area contributed by atoms with Gasteiger partial charge < -0.3 is 4.74 Å². The lowest BCUT2D eigenvalue weighted by Gasteiger charge is -2.10. The molecule has 0 bridgehead atoms. The van der Waals surface area contributed by atoms with E-state index < -0.39 is 0 Å². The van der Waals surface area contributed by atoms with Crippen LogP contribution in [-0.4, -0.2) is 32.5 Å². The first-order valence-electron chi connectivity index (χ1n) is 8.49. The number of Topliss-reactive ketones (excluding diaryl/α,β-unsaturated/α-hetero) is 1. The highest BCUT2D eigenvalue weighted by atomic mass is 32.2. The highest BCUT2D eigenvalue weighted by Crippen LogP contribution is 2.30. The molecule has 27 heavy (non-hydrogen) atoms. The van der Waals surface area contributed by atoms with Crippen LogP contribution in [0.3, 0.4) is 0 Å². The van der Waals surface area contributed by atoms with Gasteiger partial charge in [-0.15, -0.1) is 5.10 Å². The zero-order valence-corrected chi connectivity index (χ0v) is 16.1. The fourth-order valence-electron chi connectivity index (χ4n) is 2.98. The second-order valence-electron chi connectivity index (χ2n) is 6.18. The monoisotopic (exact) mass is 378 g/mol. The number of carbonyl (C=O) groups excluding carboxylic acids is 1. The quantitative estimate of drug-likeness (QED) is 0.296. The number of benzene rings is 2. The minimum Gasteiger partial charge on any atom is -0.496 e. The molecule has 136 valence electrons. The topological polar surface area (TPSA) is 69.4 Å². The van der Waals surface area contributed by atoms with Crippen molar-refractivity contribution >= 4 is 34.1 Å². The predicted molar refractivity (Wildman–Crippen MR) is 106 cm³/mol. The summed E-state index contributed by atoms with van der Waals surface area (Å²) < 4.78 is 7.23. The fraction of sp³-hybridized carbons (Fsp3) is 0.200. The van der Waals surface area contributed by atoms with Crippen molar-refractivity contribution in [3.05, 3.63) is 59.4 Å². The molecule has 0 aliphatic heterocycles. The van der Waals surface area contributed by atoms with Crippen molar-refractivity contribution in [2.75, 3.05) is 7.11 Å². The van der Waals surface area contributed by atoms with Gasteiger partial charge in [-0.3, -0.25) is 4.79 Å². The molecule has 0 fully saturated rings. The number of ether oxygens (including phenoxy) is 1. The van der Waals surface area contributed by atoms with Gasteiger partial charge >= 0.3 is 0 Å². The Morgan fingerprint density at radius 3 is 2.78 bits per heavy atom. The summed E-state index contributed by atoms with van der Waals surface area (Å²) >= 11 is 1.54. The Bertz CT molecular complexity index is 1170. The Balaban J connectivity index is 1.76. The third kappa shape index (κ3) is 3.26. The number of para-hydroxylation sites is 1. The number of rotatable bonds is 5. The van der Waals surface area contributed by atoms with E-state index in [-0.39, 0.29) is 5.78 Å². The van der Waals surface area contributed by atoms with Crippen LogP contribution < -0.4 is 4.74 Å². The van der Waals surface area contributed by atoms with Crippen molar-refractivity contribution in [1.29, 1.82) is 0 Å². The molecule has 4 aromatic rings. The largest absolute Gasteiger partial charge is 0.496 e. The van der Waals surface area contributed by atoms with Crippen LogP contribution in [0.15, 0.2) is 47.6 Å². The van der Waals surface area contributed by atoms with Crippen LogP contribution in [0.5, 0.6) is 5.75 Å². The molecule has 2 aromatic heterocycles. The Hall–Kier alpha value is -2.93. The molecular formula is C20H18N4O2S. The molecule has 0 aliphatic rings. The van der Waals surface area contributed by atoms with Gasteiger partial charge in [0.1, 0.15) is 11.6 Å². The van der Waals surface area contributed by atoms with E-state index in [0.29, 0.717) is 17.1 Å². The second kappa shape index (κ2) is 7.00. The minimum absolute atomic E-state index is 0.0297. The number of methoxy groups -OCH3 is 1. The third-order valence-corrected chi connectivity index (χ3v) is 5.28. The van der Waals surface area contributed by atoms with Crippen LogP contribution in [0.2, 0.25) is 0 Å². The summed E-state index contributed by atoms with van der Waals surface area (Å²) in [5, 5.41) is 6.22. The Kier molecular flexibility index (Phi) is 4.53. The summed E-state index contributed by atoms with van der Waals surface area (Å²) in [7, 11) is 1.63. The highest BCUT2D eigenvalue weighted by molar-refractivity contribution is 7.98. The van der Waals surface area contributed by atoms with Gasteiger partial charge in [0.15, 0.2) is 16.6 Å². The molecule has 7 heteroatoms. The normalized spacial score (nSPS) is 11.2. The minimum atomic E-state index is 0.0297. The van der Waals surface area contributed by atoms with Gasteiger partial charge in [0.25, 0.3) is 0 Å². The number of aryl methyl sites for hydroxylation is 1. The van der Waals surface area contributed by atoms with E-state index in [4.69, 9.17) is 9.72 Å². The number of hydrogen-bond donors (Lipinski definition) is 0. The maximum absolute atomic E-state index is 11.7. The number of aromatic nitrogens is 4. The van der Waals surface area contributed by atoms with E-state index in [1.807, 2.05) is 43.3 Å². The molecule has 6 nitrogen and oxygen atoms in total. The molecule has 2 aromatic carbocycles. The molecule has 0 saturated carbocycles. The molecule has 4 rings (SSSR count). The molecule has 0 N–H and O–H groups in total. The van der Waals surface area contributed by atoms with Crippen LogP contribution in [0.1, 0.15) is 28.7 Å². The predicted octanol–water partition coefficient (Wildman–Crippen LogP) is 4.09. The molecule has 2 heterocycles. The van der Waals surface area contributed by atoms with E-state index in [2.05, 4.69) is 10.1 Å². The number of hydrogen-bond acceptors (Lipinski definition) is 6. The average molecular weight is 378 g/mol. The first-order chi connectivity index (χ1) is 13.1. The first kappa shape index (κ1) is 17.5. The molecule has 0 radical (unpaired) electrons. The van der Waals surface area contributed by atoms with Crippen molar-refractivity contribution in [1.82, 2.24) is 19.6 Å². The summed E-state index contributed by atoms with van der Waals surface area (Å²) in [6.07, 6.45) is 0. The highest BCUT2D eigenvalue weighted by Gasteiger charge is 2.14. The van der Waals surface area contributed by atoms with Gasteiger partial charge in [0, 0.05) is 22.3 Å². The van der Waals surface area contributed by atoms with Crippen LogP contribution in [-0.2, 0) is 5.75 Å². The van der Waals surface area contributed by atoms with Gasteiger partial charge in [0.05, 0.1) is 12.6 Å². The molecule has 0 amide bonds. The lowest BCUT2D eigenvalue weighted by Crippen LogP contribution is -2.00. The van der Waals surface area contributed by atoms with Crippen molar-refractivity contribution in [3.8, 4) is 5.75 Å².